The lowest BCUT2D eigenvalue weighted by atomic mass is 10.0. The normalized spacial score (nSPS) is 12.9. The van der Waals surface area contributed by atoms with Gasteiger partial charge in [0.2, 0.25) is 0 Å². The van der Waals surface area contributed by atoms with E-state index in [0.29, 0.717) is 5.69 Å². The average Bonchev–Trinajstić information content (AvgIpc) is 2.53. The van der Waals surface area contributed by atoms with Crippen LogP contribution in [0.5, 0.6) is 0 Å². The van der Waals surface area contributed by atoms with Gasteiger partial charge in [0.1, 0.15) is 5.69 Å². The van der Waals surface area contributed by atoms with Crippen LogP contribution < -0.4 is 0 Å². The van der Waals surface area contributed by atoms with E-state index in [1.165, 1.54) is 11.3 Å². The average molecular weight is 169 g/mol. The van der Waals surface area contributed by atoms with Crippen molar-refractivity contribution in [2.24, 2.45) is 5.92 Å². The summed E-state index contributed by atoms with van der Waals surface area (Å²) in [6.45, 7) is 3.94. The Balaban J connectivity index is 2.70. The highest BCUT2D eigenvalue weighted by Crippen LogP contribution is 2.11. The van der Waals surface area contributed by atoms with Gasteiger partial charge in [0.05, 0.1) is 5.51 Å². The largest absolute Gasteiger partial charge is 0.292 e. The molecule has 11 heavy (non-hydrogen) atoms. The molecule has 0 saturated heterocycles. The number of carbonyl (C=O) groups excluding carboxylic acids is 1. The van der Waals surface area contributed by atoms with E-state index >= 15 is 0 Å². The van der Waals surface area contributed by atoms with Gasteiger partial charge in [0.25, 0.3) is 0 Å². The second kappa shape index (κ2) is 3.62. The molecule has 0 amide bonds. The standard InChI is InChI=1S/C8H11NOS/c1-3-6(2)8(10)7-4-11-5-9-7/h4-6H,3H2,1-2H3. The van der Waals surface area contributed by atoms with E-state index in [0.717, 1.165) is 6.42 Å². The Bertz CT molecular complexity index is 230. The van der Waals surface area contributed by atoms with Crippen LogP contribution in [0.2, 0.25) is 0 Å². The highest BCUT2D eigenvalue weighted by atomic mass is 32.1. The summed E-state index contributed by atoms with van der Waals surface area (Å²) in [4.78, 5) is 15.3. The summed E-state index contributed by atoms with van der Waals surface area (Å²) in [5, 5.41) is 1.80. The summed E-state index contributed by atoms with van der Waals surface area (Å²) in [5.74, 6) is 0.269. The minimum atomic E-state index is 0.108. The number of ketones is 1. The van der Waals surface area contributed by atoms with Crippen molar-refractivity contribution in [3.05, 3.63) is 16.6 Å². The molecule has 0 aliphatic rings. The van der Waals surface area contributed by atoms with Gasteiger partial charge in [-0.25, -0.2) is 4.98 Å². The van der Waals surface area contributed by atoms with Crippen LogP contribution in [0.15, 0.2) is 10.9 Å². The molecule has 1 aromatic heterocycles. The molecular weight excluding hydrogens is 158 g/mol. The SMILES string of the molecule is CCC(C)C(=O)c1cscn1. The minimum absolute atomic E-state index is 0.108. The van der Waals surface area contributed by atoms with E-state index in [4.69, 9.17) is 0 Å². The molecule has 0 aromatic carbocycles. The van der Waals surface area contributed by atoms with Crippen molar-refractivity contribution < 1.29 is 4.79 Å². The van der Waals surface area contributed by atoms with Gasteiger partial charge in [0, 0.05) is 11.3 Å². The Kier molecular flexibility index (Phi) is 2.76. The fourth-order valence-corrected chi connectivity index (χ4v) is 1.31. The van der Waals surface area contributed by atoms with Crippen LogP contribution in [0.25, 0.3) is 0 Å². The van der Waals surface area contributed by atoms with Gasteiger partial charge in [0.15, 0.2) is 5.78 Å². The fourth-order valence-electron chi connectivity index (χ4n) is 0.772. The Morgan fingerprint density at radius 2 is 2.55 bits per heavy atom. The third kappa shape index (κ3) is 1.87. The molecule has 1 heterocycles. The van der Waals surface area contributed by atoms with Gasteiger partial charge < -0.3 is 0 Å². The van der Waals surface area contributed by atoms with Crippen molar-refractivity contribution in [1.82, 2.24) is 4.98 Å². The third-order valence-corrected chi connectivity index (χ3v) is 2.33. The number of hydrogen-bond acceptors (Lipinski definition) is 3. The smallest absolute Gasteiger partial charge is 0.184 e. The van der Waals surface area contributed by atoms with Crippen LogP contribution in [-0.4, -0.2) is 10.8 Å². The Morgan fingerprint density at radius 1 is 1.82 bits per heavy atom. The number of carbonyl (C=O) groups is 1. The molecule has 0 fully saturated rings. The molecule has 0 bridgehead atoms. The minimum Gasteiger partial charge on any atom is -0.292 e. The van der Waals surface area contributed by atoms with Crippen LogP contribution in [0, 0.1) is 5.92 Å². The van der Waals surface area contributed by atoms with Crippen LogP contribution in [0.1, 0.15) is 30.8 Å². The molecule has 0 saturated carbocycles. The van der Waals surface area contributed by atoms with Crippen molar-refractivity contribution >= 4 is 17.1 Å². The van der Waals surface area contributed by atoms with E-state index in [-0.39, 0.29) is 11.7 Å². The van der Waals surface area contributed by atoms with Crippen LogP contribution in [-0.2, 0) is 0 Å². The zero-order chi connectivity index (χ0) is 8.27. The number of hydrogen-bond donors (Lipinski definition) is 0. The number of Topliss-reactive ketones (excluding diaryl/α,β-unsaturated/α-hetero) is 1. The first-order valence-corrected chi connectivity index (χ1v) is 4.62. The first kappa shape index (κ1) is 8.40. The second-order valence-electron chi connectivity index (χ2n) is 2.55. The summed E-state index contributed by atoms with van der Waals surface area (Å²) < 4.78 is 0. The zero-order valence-electron chi connectivity index (χ0n) is 6.70. The molecular formula is C8H11NOS. The summed E-state index contributed by atoms with van der Waals surface area (Å²) in [6.07, 6.45) is 0.885. The molecule has 0 spiro atoms. The van der Waals surface area contributed by atoms with E-state index in [1.54, 1.807) is 10.9 Å². The highest BCUT2D eigenvalue weighted by molar-refractivity contribution is 7.07. The van der Waals surface area contributed by atoms with Crippen LogP contribution >= 0.6 is 11.3 Å². The number of thiazole rings is 1. The number of aromatic nitrogens is 1. The van der Waals surface area contributed by atoms with E-state index in [9.17, 15) is 4.79 Å². The first-order valence-electron chi connectivity index (χ1n) is 3.68. The lowest BCUT2D eigenvalue weighted by Crippen LogP contribution is -2.10. The van der Waals surface area contributed by atoms with Crippen molar-refractivity contribution in [2.75, 3.05) is 0 Å². The molecule has 60 valence electrons. The van der Waals surface area contributed by atoms with Crippen molar-refractivity contribution in [2.45, 2.75) is 20.3 Å². The van der Waals surface area contributed by atoms with Gasteiger partial charge in [-0.15, -0.1) is 11.3 Å². The maximum Gasteiger partial charge on any atom is 0.184 e. The topological polar surface area (TPSA) is 30.0 Å². The maximum absolute atomic E-state index is 11.4. The molecule has 3 heteroatoms. The molecule has 1 unspecified atom stereocenters. The second-order valence-corrected chi connectivity index (χ2v) is 3.27. The summed E-state index contributed by atoms with van der Waals surface area (Å²) in [6, 6.07) is 0. The molecule has 0 aliphatic heterocycles. The Hall–Kier alpha value is -0.700. The van der Waals surface area contributed by atoms with Crippen molar-refractivity contribution in [1.29, 1.82) is 0 Å². The molecule has 2 nitrogen and oxygen atoms in total. The third-order valence-electron chi connectivity index (χ3n) is 1.74. The predicted octanol–water partition coefficient (Wildman–Crippen LogP) is 2.37. The van der Waals surface area contributed by atoms with Crippen LogP contribution in [0.4, 0.5) is 0 Å². The highest BCUT2D eigenvalue weighted by Gasteiger charge is 2.13. The van der Waals surface area contributed by atoms with E-state index < -0.39 is 0 Å². The molecule has 0 N–H and O–H groups in total. The number of nitrogens with zero attached hydrogens (tertiary/aromatic N) is 1. The zero-order valence-corrected chi connectivity index (χ0v) is 7.52. The summed E-state index contributed by atoms with van der Waals surface area (Å²) >= 11 is 1.46. The van der Waals surface area contributed by atoms with Gasteiger partial charge in [-0.2, -0.15) is 0 Å². The quantitative estimate of drug-likeness (QED) is 0.650. The Labute approximate surface area is 70.3 Å². The van der Waals surface area contributed by atoms with E-state index in [1.807, 2.05) is 13.8 Å². The van der Waals surface area contributed by atoms with Gasteiger partial charge in [-0.05, 0) is 6.42 Å². The molecule has 1 rings (SSSR count). The predicted molar refractivity (Wildman–Crippen MR) is 45.9 cm³/mol. The molecule has 0 radical (unpaired) electrons. The van der Waals surface area contributed by atoms with E-state index in [2.05, 4.69) is 4.98 Å². The fraction of sp³-hybridized carbons (Fsp3) is 0.500. The molecule has 0 aliphatic carbocycles. The van der Waals surface area contributed by atoms with Crippen molar-refractivity contribution in [3.63, 3.8) is 0 Å². The monoisotopic (exact) mass is 169 g/mol. The van der Waals surface area contributed by atoms with Gasteiger partial charge in [-0.3, -0.25) is 4.79 Å². The molecule has 1 aromatic rings. The summed E-state index contributed by atoms with van der Waals surface area (Å²) in [5.41, 5.74) is 2.31. The lowest BCUT2D eigenvalue weighted by molar-refractivity contribution is 0.0923. The lowest BCUT2D eigenvalue weighted by Gasteiger charge is -2.02. The summed E-state index contributed by atoms with van der Waals surface area (Å²) in [7, 11) is 0. The van der Waals surface area contributed by atoms with Crippen LogP contribution in [0.3, 0.4) is 0 Å². The molecule has 1 atom stereocenters. The maximum atomic E-state index is 11.4. The van der Waals surface area contributed by atoms with Gasteiger partial charge in [-0.1, -0.05) is 13.8 Å². The Morgan fingerprint density at radius 3 is 3.00 bits per heavy atom. The number of rotatable bonds is 3. The first-order chi connectivity index (χ1) is 5.25. The van der Waals surface area contributed by atoms with Crippen molar-refractivity contribution in [3.8, 4) is 0 Å². The van der Waals surface area contributed by atoms with Gasteiger partial charge >= 0.3 is 0 Å².